The van der Waals surface area contributed by atoms with Crippen LogP contribution in [0.1, 0.15) is 22.5 Å². The Morgan fingerprint density at radius 2 is 1.77 bits per heavy atom. The number of carbonyl (C=O) groups is 2. The normalized spacial score (nSPS) is 14.4. The van der Waals surface area contributed by atoms with Crippen LogP contribution in [0.5, 0.6) is 0 Å². The van der Waals surface area contributed by atoms with Gasteiger partial charge in [0, 0.05) is 44.5 Å². The number of nitrogens with zero attached hydrogens (tertiary/aromatic N) is 4. The first kappa shape index (κ1) is 18.6. The smallest absolute Gasteiger partial charge is 0.255 e. The number of hydrogen-bond donors (Lipinski definition) is 0. The number of halogens is 2. The minimum Gasteiger partial charge on any atom is -0.339 e. The van der Waals surface area contributed by atoms with Crippen LogP contribution < -0.4 is 0 Å². The lowest BCUT2D eigenvalue weighted by atomic mass is 10.1. The quantitative estimate of drug-likeness (QED) is 0.801. The summed E-state index contributed by atoms with van der Waals surface area (Å²) < 4.78 is 0. The SMILES string of the molecule is O=C(CCc1ccncn1)N1CCN(C(=O)c2cccc(Cl)c2Cl)CC1. The second-order valence-electron chi connectivity index (χ2n) is 5.98. The molecule has 0 aliphatic carbocycles. The van der Waals surface area contributed by atoms with Crippen molar-refractivity contribution < 1.29 is 9.59 Å². The molecule has 6 nitrogen and oxygen atoms in total. The van der Waals surface area contributed by atoms with Crippen molar-refractivity contribution in [1.29, 1.82) is 0 Å². The fraction of sp³-hybridized carbons (Fsp3) is 0.333. The Hall–Kier alpha value is -2.18. The molecule has 0 spiro atoms. The van der Waals surface area contributed by atoms with E-state index in [1.807, 2.05) is 0 Å². The van der Waals surface area contributed by atoms with Crippen LogP contribution in [0, 0.1) is 0 Å². The first-order valence-corrected chi connectivity index (χ1v) is 9.08. The van der Waals surface area contributed by atoms with Crippen molar-refractivity contribution in [2.45, 2.75) is 12.8 Å². The van der Waals surface area contributed by atoms with Gasteiger partial charge >= 0.3 is 0 Å². The molecule has 0 saturated carbocycles. The van der Waals surface area contributed by atoms with Crippen molar-refractivity contribution in [2.75, 3.05) is 26.2 Å². The summed E-state index contributed by atoms with van der Waals surface area (Å²) in [5.41, 5.74) is 1.24. The third kappa shape index (κ3) is 4.31. The summed E-state index contributed by atoms with van der Waals surface area (Å²) in [5.74, 6) is -0.0953. The van der Waals surface area contributed by atoms with Gasteiger partial charge in [-0.15, -0.1) is 0 Å². The monoisotopic (exact) mass is 392 g/mol. The lowest BCUT2D eigenvalue weighted by molar-refractivity contribution is -0.132. The Kier molecular flexibility index (Phi) is 6.06. The highest BCUT2D eigenvalue weighted by atomic mass is 35.5. The molecule has 0 radical (unpaired) electrons. The summed E-state index contributed by atoms with van der Waals surface area (Å²) in [6.45, 7) is 1.96. The van der Waals surface area contributed by atoms with Gasteiger partial charge in [-0.1, -0.05) is 29.3 Å². The van der Waals surface area contributed by atoms with Crippen LogP contribution in [0.3, 0.4) is 0 Å². The van der Waals surface area contributed by atoms with Crippen LogP contribution in [0.2, 0.25) is 10.0 Å². The van der Waals surface area contributed by atoms with E-state index in [2.05, 4.69) is 9.97 Å². The Morgan fingerprint density at radius 1 is 1.04 bits per heavy atom. The zero-order chi connectivity index (χ0) is 18.5. The van der Waals surface area contributed by atoms with E-state index in [1.54, 1.807) is 40.3 Å². The molecule has 8 heteroatoms. The molecule has 26 heavy (non-hydrogen) atoms. The molecule has 1 fully saturated rings. The molecule has 136 valence electrons. The second kappa shape index (κ2) is 8.47. The Labute approximate surface area is 161 Å². The molecule has 1 aliphatic rings. The summed E-state index contributed by atoms with van der Waals surface area (Å²) in [5, 5.41) is 0.624. The molecular formula is C18H18Cl2N4O2. The van der Waals surface area contributed by atoms with E-state index in [0.717, 1.165) is 5.69 Å². The van der Waals surface area contributed by atoms with E-state index in [4.69, 9.17) is 23.2 Å². The van der Waals surface area contributed by atoms with Gasteiger partial charge in [-0.25, -0.2) is 9.97 Å². The Balaban J connectivity index is 1.53. The molecule has 1 aromatic carbocycles. The maximum Gasteiger partial charge on any atom is 0.255 e. The summed E-state index contributed by atoms with van der Waals surface area (Å²) in [6, 6.07) is 6.82. The van der Waals surface area contributed by atoms with Crippen molar-refractivity contribution in [3.8, 4) is 0 Å². The number of amides is 2. The van der Waals surface area contributed by atoms with Gasteiger partial charge in [-0.05, 0) is 24.6 Å². The fourth-order valence-corrected chi connectivity index (χ4v) is 3.24. The fourth-order valence-electron chi connectivity index (χ4n) is 2.86. The van der Waals surface area contributed by atoms with Crippen LogP contribution in [-0.4, -0.2) is 57.8 Å². The first-order valence-electron chi connectivity index (χ1n) is 8.32. The predicted octanol–water partition coefficient (Wildman–Crippen LogP) is 2.70. The number of rotatable bonds is 4. The molecule has 2 heterocycles. The van der Waals surface area contributed by atoms with Gasteiger partial charge in [0.1, 0.15) is 6.33 Å². The van der Waals surface area contributed by atoms with Gasteiger partial charge in [0.15, 0.2) is 0 Å². The number of aromatic nitrogens is 2. The van der Waals surface area contributed by atoms with E-state index in [1.165, 1.54) is 6.33 Å². The van der Waals surface area contributed by atoms with E-state index in [0.29, 0.717) is 49.6 Å². The molecule has 3 rings (SSSR count). The van der Waals surface area contributed by atoms with E-state index in [-0.39, 0.29) is 16.8 Å². The predicted molar refractivity (Wildman–Crippen MR) is 99.3 cm³/mol. The lowest BCUT2D eigenvalue weighted by Gasteiger charge is -2.35. The minimum atomic E-state index is -0.161. The summed E-state index contributed by atoms with van der Waals surface area (Å²) >= 11 is 12.1. The van der Waals surface area contributed by atoms with Crippen LogP contribution >= 0.6 is 23.2 Å². The maximum absolute atomic E-state index is 12.6. The highest BCUT2D eigenvalue weighted by Crippen LogP contribution is 2.26. The van der Waals surface area contributed by atoms with Crippen molar-refractivity contribution in [3.05, 3.63) is 58.1 Å². The zero-order valence-corrected chi connectivity index (χ0v) is 15.6. The van der Waals surface area contributed by atoms with E-state index < -0.39 is 0 Å². The Morgan fingerprint density at radius 3 is 2.46 bits per heavy atom. The first-order chi connectivity index (χ1) is 12.6. The molecule has 0 unspecified atom stereocenters. The number of hydrogen-bond acceptors (Lipinski definition) is 4. The summed E-state index contributed by atoms with van der Waals surface area (Å²) in [6.07, 6.45) is 4.12. The van der Waals surface area contributed by atoms with Crippen LogP contribution in [0.15, 0.2) is 36.8 Å². The molecular weight excluding hydrogens is 375 g/mol. The van der Waals surface area contributed by atoms with Gasteiger partial charge in [0.25, 0.3) is 5.91 Å². The van der Waals surface area contributed by atoms with Gasteiger partial charge in [-0.2, -0.15) is 0 Å². The third-order valence-electron chi connectivity index (χ3n) is 4.34. The molecule has 0 atom stereocenters. The highest BCUT2D eigenvalue weighted by Gasteiger charge is 2.26. The average molecular weight is 393 g/mol. The van der Waals surface area contributed by atoms with Crippen molar-refractivity contribution in [1.82, 2.24) is 19.8 Å². The third-order valence-corrected chi connectivity index (χ3v) is 5.16. The number of aryl methyl sites for hydroxylation is 1. The largest absolute Gasteiger partial charge is 0.339 e. The molecule has 0 N–H and O–H groups in total. The van der Waals surface area contributed by atoms with Crippen LogP contribution in [0.25, 0.3) is 0 Å². The lowest BCUT2D eigenvalue weighted by Crippen LogP contribution is -2.50. The second-order valence-corrected chi connectivity index (χ2v) is 6.76. The standard InChI is InChI=1S/C18H18Cl2N4O2/c19-15-3-1-2-14(17(15)20)18(26)24-10-8-23(9-11-24)16(25)5-4-13-6-7-21-12-22-13/h1-3,6-7,12H,4-5,8-11H2. The zero-order valence-electron chi connectivity index (χ0n) is 14.1. The maximum atomic E-state index is 12.6. The molecule has 1 aromatic heterocycles. The average Bonchev–Trinajstić information content (AvgIpc) is 2.68. The Bertz CT molecular complexity index is 793. The molecule has 2 aromatic rings. The summed E-state index contributed by atoms with van der Waals surface area (Å²) in [7, 11) is 0. The van der Waals surface area contributed by atoms with Crippen molar-refractivity contribution in [3.63, 3.8) is 0 Å². The number of benzene rings is 1. The summed E-state index contributed by atoms with van der Waals surface area (Å²) in [4.78, 5) is 36.4. The van der Waals surface area contributed by atoms with Crippen LogP contribution in [-0.2, 0) is 11.2 Å². The molecule has 2 amide bonds. The van der Waals surface area contributed by atoms with Crippen molar-refractivity contribution in [2.24, 2.45) is 0 Å². The number of piperazine rings is 1. The molecule has 1 saturated heterocycles. The van der Waals surface area contributed by atoms with Gasteiger partial charge in [0.05, 0.1) is 15.6 Å². The minimum absolute atomic E-state index is 0.0662. The number of carbonyl (C=O) groups excluding carboxylic acids is 2. The van der Waals surface area contributed by atoms with Crippen LogP contribution in [0.4, 0.5) is 0 Å². The molecule has 0 bridgehead atoms. The molecule has 1 aliphatic heterocycles. The highest BCUT2D eigenvalue weighted by molar-refractivity contribution is 6.43. The van der Waals surface area contributed by atoms with E-state index in [9.17, 15) is 9.59 Å². The topological polar surface area (TPSA) is 66.4 Å². The van der Waals surface area contributed by atoms with Gasteiger partial charge < -0.3 is 9.80 Å². The van der Waals surface area contributed by atoms with Gasteiger partial charge in [-0.3, -0.25) is 9.59 Å². The van der Waals surface area contributed by atoms with Crippen molar-refractivity contribution >= 4 is 35.0 Å². The van der Waals surface area contributed by atoms with Gasteiger partial charge in [0.2, 0.25) is 5.91 Å². The van der Waals surface area contributed by atoms with E-state index >= 15 is 0 Å².